The smallest absolute Gasteiger partial charge is 0.231 e. The van der Waals surface area contributed by atoms with Crippen LogP contribution in [0.3, 0.4) is 0 Å². The molecule has 0 atom stereocenters. The molecule has 0 unspecified atom stereocenters. The van der Waals surface area contributed by atoms with Crippen molar-refractivity contribution in [3.63, 3.8) is 0 Å². The summed E-state index contributed by atoms with van der Waals surface area (Å²) in [6.07, 6.45) is 0.545. The van der Waals surface area contributed by atoms with E-state index in [-0.39, 0.29) is 12.7 Å². The van der Waals surface area contributed by atoms with Crippen molar-refractivity contribution in [2.75, 3.05) is 26.7 Å². The van der Waals surface area contributed by atoms with E-state index in [0.717, 1.165) is 28.1 Å². The van der Waals surface area contributed by atoms with E-state index in [1.807, 2.05) is 24.3 Å². The lowest BCUT2D eigenvalue weighted by atomic mass is 10.0. The number of aromatic nitrogens is 2. The van der Waals surface area contributed by atoms with Crippen LogP contribution in [0.15, 0.2) is 30.3 Å². The van der Waals surface area contributed by atoms with Crippen molar-refractivity contribution in [3.05, 3.63) is 41.6 Å². The zero-order valence-corrected chi connectivity index (χ0v) is 13.9. The maximum Gasteiger partial charge on any atom is 0.231 e. The van der Waals surface area contributed by atoms with Crippen LogP contribution in [0.4, 0.5) is 5.95 Å². The summed E-state index contributed by atoms with van der Waals surface area (Å²) in [6, 6.07) is 9.46. The number of nitrogens with two attached hydrogens (primary N) is 1. The molecule has 2 aromatic carbocycles. The standard InChI is InChI=1S/C18H17N3O4/c1-22-14-6-4-11-16(17(14)23-2)12(21-18(19)20-11)7-10-3-5-13-15(8-10)25-9-24-13/h3-6,8H,7,9H2,1-2H3,(H2,19,20,21). The van der Waals surface area contributed by atoms with Gasteiger partial charge in [-0.3, -0.25) is 0 Å². The molecule has 7 nitrogen and oxygen atoms in total. The number of fused-ring (bicyclic) bond motifs is 2. The van der Waals surface area contributed by atoms with Crippen LogP contribution in [0, 0.1) is 0 Å². The van der Waals surface area contributed by atoms with Gasteiger partial charge in [-0.15, -0.1) is 0 Å². The molecule has 0 bridgehead atoms. The van der Waals surface area contributed by atoms with Crippen LogP contribution in [-0.4, -0.2) is 31.0 Å². The molecule has 128 valence electrons. The zero-order valence-electron chi connectivity index (χ0n) is 13.9. The lowest BCUT2D eigenvalue weighted by Crippen LogP contribution is -2.04. The van der Waals surface area contributed by atoms with Gasteiger partial charge in [-0.2, -0.15) is 0 Å². The summed E-state index contributed by atoms with van der Waals surface area (Å²) in [6.45, 7) is 0.243. The number of nitrogens with zero attached hydrogens (tertiary/aromatic N) is 2. The Bertz CT molecular complexity index is 959. The molecule has 0 amide bonds. The molecule has 0 aliphatic carbocycles. The second kappa shape index (κ2) is 6.01. The Balaban J connectivity index is 1.85. The molecule has 0 saturated heterocycles. The number of hydrogen-bond donors (Lipinski definition) is 1. The maximum absolute atomic E-state index is 5.89. The zero-order chi connectivity index (χ0) is 17.4. The topological polar surface area (TPSA) is 88.7 Å². The van der Waals surface area contributed by atoms with Crippen LogP contribution in [-0.2, 0) is 6.42 Å². The fourth-order valence-corrected chi connectivity index (χ4v) is 3.00. The molecule has 1 aliphatic heterocycles. The number of anilines is 1. The molecule has 0 radical (unpaired) electrons. The molecule has 7 heteroatoms. The average molecular weight is 339 g/mol. The van der Waals surface area contributed by atoms with E-state index in [0.29, 0.717) is 23.4 Å². The highest BCUT2D eigenvalue weighted by molar-refractivity contribution is 5.91. The first-order valence-corrected chi connectivity index (χ1v) is 7.75. The fourth-order valence-electron chi connectivity index (χ4n) is 3.00. The van der Waals surface area contributed by atoms with E-state index < -0.39 is 0 Å². The Morgan fingerprint density at radius 2 is 1.88 bits per heavy atom. The van der Waals surface area contributed by atoms with Crippen molar-refractivity contribution in [2.24, 2.45) is 0 Å². The van der Waals surface area contributed by atoms with Gasteiger partial charge in [0.05, 0.1) is 30.8 Å². The van der Waals surface area contributed by atoms with E-state index >= 15 is 0 Å². The second-order valence-electron chi connectivity index (χ2n) is 5.59. The van der Waals surface area contributed by atoms with Gasteiger partial charge in [-0.25, -0.2) is 9.97 Å². The van der Waals surface area contributed by atoms with E-state index in [1.165, 1.54) is 0 Å². The molecular weight excluding hydrogens is 322 g/mol. The van der Waals surface area contributed by atoms with Gasteiger partial charge >= 0.3 is 0 Å². The minimum absolute atomic E-state index is 0.218. The molecule has 0 spiro atoms. The molecule has 25 heavy (non-hydrogen) atoms. The van der Waals surface area contributed by atoms with Gasteiger partial charge in [-0.05, 0) is 29.8 Å². The summed E-state index contributed by atoms with van der Waals surface area (Å²) < 4.78 is 21.7. The van der Waals surface area contributed by atoms with E-state index in [9.17, 15) is 0 Å². The molecule has 4 rings (SSSR count). The molecule has 1 aromatic heterocycles. The monoisotopic (exact) mass is 339 g/mol. The molecule has 2 heterocycles. The van der Waals surface area contributed by atoms with E-state index in [4.69, 9.17) is 24.7 Å². The quantitative estimate of drug-likeness (QED) is 0.781. The fraction of sp³-hybridized carbons (Fsp3) is 0.222. The number of rotatable bonds is 4. The predicted octanol–water partition coefficient (Wildman–Crippen LogP) is 2.55. The molecule has 0 fully saturated rings. The van der Waals surface area contributed by atoms with Crippen LogP contribution in [0.2, 0.25) is 0 Å². The maximum atomic E-state index is 5.89. The third-order valence-corrected chi connectivity index (χ3v) is 4.11. The van der Waals surface area contributed by atoms with Gasteiger partial charge in [0.25, 0.3) is 0 Å². The number of nitrogen functional groups attached to an aromatic ring is 1. The first kappa shape index (κ1) is 15.3. The van der Waals surface area contributed by atoms with Crippen LogP contribution in [0.1, 0.15) is 11.3 Å². The molecule has 1 aliphatic rings. The predicted molar refractivity (Wildman–Crippen MR) is 92.4 cm³/mol. The largest absolute Gasteiger partial charge is 0.493 e. The van der Waals surface area contributed by atoms with Gasteiger partial charge in [-0.1, -0.05) is 6.07 Å². The van der Waals surface area contributed by atoms with Crippen molar-refractivity contribution < 1.29 is 18.9 Å². The molecule has 0 saturated carbocycles. The lowest BCUT2D eigenvalue weighted by molar-refractivity contribution is 0.174. The highest BCUT2D eigenvalue weighted by Gasteiger charge is 2.18. The van der Waals surface area contributed by atoms with Gasteiger partial charge < -0.3 is 24.7 Å². The Labute approximate surface area is 144 Å². The van der Waals surface area contributed by atoms with E-state index in [1.54, 1.807) is 20.3 Å². The minimum atomic E-state index is 0.218. The summed E-state index contributed by atoms with van der Waals surface area (Å²) in [5.74, 6) is 2.91. The Morgan fingerprint density at radius 3 is 2.68 bits per heavy atom. The summed E-state index contributed by atoms with van der Waals surface area (Å²) in [7, 11) is 3.19. The highest BCUT2D eigenvalue weighted by Crippen LogP contribution is 2.38. The van der Waals surface area contributed by atoms with Crippen molar-refractivity contribution in [1.82, 2.24) is 9.97 Å². The summed E-state index contributed by atoms with van der Waals surface area (Å²) in [5, 5.41) is 0.786. The van der Waals surface area contributed by atoms with Crippen LogP contribution < -0.4 is 24.7 Å². The van der Waals surface area contributed by atoms with E-state index in [2.05, 4.69) is 9.97 Å². The lowest BCUT2D eigenvalue weighted by Gasteiger charge is -2.14. The Hall–Kier alpha value is -3.22. The van der Waals surface area contributed by atoms with Crippen molar-refractivity contribution in [3.8, 4) is 23.0 Å². The molecular formula is C18H17N3O4. The number of ether oxygens (including phenoxy) is 4. The van der Waals surface area contributed by atoms with Gasteiger partial charge in [0.2, 0.25) is 12.7 Å². The van der Waals surface area contributed by atoms with Crippen LogP contribution >= 0.6 is 0 Å². The number of benzene rings is 2. The third kappa shape index (κ3) is 2.63. The van der Waals surface area contributed by atoms with Crippen molar-refractivity contribution in [1.29, 1.82) is 0 Å². The third-order valence-electron chi connectivity index (χ3n) is 4.11. The van der Waals surface area contributed by atoms with Gasteiger partial charge in [0.15, 0.2) is 23.0 Å². The van der Waals surface area contributed by atoms with Gasteiger partial charge in [0.1, 0.15) is 0 Å². The summed E-state index contributed by atoms with van der Waals surface area (Å²) >= 11 is 0. The van der Waals surface area contributed by atoms with Crippen LogP contribution in [0.25, 0.3) is 10.9 Å². The summed E-state index contributed by atoms with van der Waals surface area (Å²) in [5.41, 5.74) is 8.38. The van der Waals surface area contributed by atoms with Crippen molar-refractivity contribution >= 4 is 16.9 Å². The Morgan fingerprint density at radius 1 is 1.04 bits per heavy atom. The molecule has 2 N–H and O–H groups in total. The highest BCUT2D eigenvalue weighted by atomic mass is 16.7. The SMILES string of the molecule is COc1ccc2nc(N)nc(Cc3ccc4c(c3)OCO4)c2c1OC. The molecule has 3 aromatic rings. The van der Waals surface area contributed by atoms with Gasteiger partial charge in [0, 0.05) is 6.42 Å². The number of hydrogen-bond acceptors (Lipinski definition) is 7. The van der Waals surface area contributed by atoms with Crippen LogP contribution in [0.5, 0.6) is 23.0 Å². The first-order valence-electron chi connectivity index (χ1n) is 7.75. The Kier molecular flexibility index (Phi) is 3.68. The number of methoxy groups -OCH3 is 2. The first-order chi connectivity index (χ1) is 12.2. The second-order valence-corrected chi connectivity index (χ2v) is 5.59. The summed E-state index contributed by atoms with van der Waals surface area (Å²) in [4.78, 5) is 8.74. The van der Waals surface area contributed by atoms with Crippen molar-refractivity contribution in [2.45, 2.75) is 6.42 Å². The normalized spacial score (nSPS) is 12.4. The minimum Gasteiger partial charge on any atom is -0.493 e. The average Bonchev–Trinajstić information content (AvgIpc) is 3.08.